The second-order valence-corrected chi connectivity index (χ2v) is 9.68. The summed E-state index contributed by atoms with van der Waals surface area (Å²) in [5.74, 6) is -3.84. The Hall–Kier alpha value is -2.98. The van der Waals surface area contributed by atoms with Crippen LogP contribution in [0.3, 0.4) is 0 Å². The maximum atomic E-state index is 12.7. The third-order valence-corrected chi connectivity index (χ3v) is 7.58. The van der Waals surface area contributed by atoms with Crippen molar-refractivity contribution in [2.45, 2.75) is 59.0 Å². The Morgan fingerprint density at radius 3 is 1.79 bits per heavy atom. The summed E-state index contributed by atoms with van der Waals surface area (Å²) >= 11 is 0. The largest absolute Gasteiger partial charge is 0.465 e. The van der Waals surface area contributed by atoms with E-state index in [9.17, 15) is 39.0 Å². The molecule has 10 heteroatoms. The molecule has 6 unspecified atom stereocenters. The number of hydrogen-bond donors (Lipinski definition) is 2. The molecule has 212 valence electrons. The van der Waals surface area contributed by atoms with Crippen molar-refractivity contribution in [3.8, 4) is 0 Å². The van der Waals surface area contributed by atoms with Gasteiger partial charge in [-0.3, -0.25) is 19.2 Å². The molecule has 0 heterocycles. The Labute approximate surface area is 223 Å². The molecule has 0 bridgehead atoms. The molecule has 0 spiro atoms. The van der Waals surface area contributed by atoms with E-state index in [0.29, 0.717) is 42.7 Å². The van der Waals surface area contributed by atoms with Crippen LogP contribution < -0.4 is 0 Å². The molecule has 0 radical (unpaired) electrons. The maximum Gasteiger partial charge on any atom is 0.306 e. The lowest BCUT2D eigenvalue weighted by Crippen LogP contribution is -2.31. The van der Waals surface area contributed by atoms with Gasteiger partial charge >= 0.3 is 11.9 Å². The topological polar surface area (TPSA) is 161 Å². The molecular formula is C28H40O10. The van der Waals surface area contributed by atoms with Crippen molar-refractivity contribution < 1.29 is 48.5 Å². The van der Waals surface area contributed by atoms with Gasteiger partial charge in [-0.1, -0.05) is 19.1 Å². The third kappa shape index (κ3) is 9.40. The Kier molecular flexibility index (Phi) is 15.2. The van der Waals surface area contributed by atoms with Crippen molar-refractivity contribution in [3.05, 3.63) is 23.3 Å². The van der Waals surface area contributed by atoms with E-state index in [0.717, 1.165) is 0 Å². The molecule has 2 N–H and O–H groups in total. The lowest BCUT2D eigenvalue weighted by molar-refractivity contribution is -0.153. The summed E-state index contributed by atoms with van der Waals surface area (Å²) in [6, 6.07) is 0. The quantitative estimate of drug-likeness (QED) is 0.150. The normalized spacial score (nSPS) is 23.4. The number of carbonyl (C=O) groups excluding carboxylic acids is 6. The van der Waals surface area contributed by atoms with Crippen LogP contribution in [-0.4, -0.2) is 73.2 Å². The summed E-state index contributed by atoms with van der Waals surface area (Å²) in [6.07, 6.45) is 5.01. The van der Waals surface area contributed by atoms with Crippen molar-refractivity contribution in [3.63, 3.8) is 0 Å². The first-order valence-corrected chi connectivity index (χ1v) is 12.9. The lowest BCUT2D eigenvalue weighted by Gasteiger charge is -2.27. The van der Waals surface area contributed by atoms with Crippen LogP contribution in [0.4, 0.5) is 0 Å². The number of esters is 2. The van der Waals surface area contributed by atoms with Crippen LogP contribution >= 0.6 is 0 Å². The average molecular weight is 537 g/mol. The first-order chi connectivity index (χ1) is 18.2. The summed E-state index contributed by atoms with van der Waals surface area (Å²) in [5.41, 5.74) is 0.664. The standard InChI is InChI=1S/C28H40O10/c1-4-19(13-31)21(6-8-29)10-27(35)37-17-25-18(3)26(12-24(25)23(15-33)16-34)38-28(36)11-22(7-9-30)20(5-2)14-32/h4-5,8-9,13-14,18,21-26,33-34H,6-7,10-12,15-17H2,1-3H3. The van der Waals surface area contributed by atoms with Crippen LogP contribution in [0, 0.1) is 35.5 Å². The zero-order valence-electron chi connectivity index (χ0n) is 22.3. The fourth-order valence-electron chi connectivity index (χ4n) is 5.20. The van der Waals surface area contributed by atoms with Crippen LogP contribution in [0.5, 0.6) is 0 Å². The summed E-state index contributed by atoms with van der Waals surface area (Å²) in [7, 11) is 0. The van der Waals surface area contributed by atoms with Gasteiger partial charge < -0.3 is 29.3 Å². The van der Waals surface area contributed by atoms with E-state index < -0.39 is 35.8 Å². The van der Waals surface area contributed by atoms with Gasteiger partial charge in [0.05, 0.1) is 19.4 Å². The Morgan fingerprint density at radius 1 is 0.868 bits per heavy atom. The van der Waals surface area contributed by atoms with Crippen molar-refractivity contribution in [1.29, 1.82) is 0 Å². The summed E-state index contributed by atoms with van der Waals surface area (Å²) in [4.78, 5) is 69.9. The van der Waals surface area contributed by atoms with Crippen LogP contribution in [0.25, 0.3) is 0 Å². The molecule has 10 nitrogen and oxygen atoms in total. The zero-order chi connectivity index (χ0) is 28.7. The van der Waals surface area contributed by atoms with Crippen molar-refractivity contribution in [2.24, 2.45) is 35.5 Å². The van der Waals surface area contributed by atoms with Crippen molar-refractivity contribution in [1.82, 2.24) is 0 Å². The predicted octanol–water partition coefficient (Wildman–Crippen LogP) is 1.80. The molecular weight excluding hydrogens is 496 g/mol. The number of carbonyl (C=O) groups is 6. The molecule has 1 aliphatic rings. The van der Waals surface area contributed by atoms with Crippen LogP contribution in [-0.2, 0) is 38.2 Å². The predicted molar refractivity (Wildman–Crippen MR) is 136 cm³/mol. The van der Waals surface area contributed by atoms with Gasteiger partial charge in [0.25, 0.3) is 0 Å². The van der Waals surface area contributed by atoms with E-state index in [2.05, 4.69) is 0 Å². The molecule has 6 atom stereocenters. The Bertz CT molecular complexity index is 873. The van der Waals surface area contributed by atoms with E-state index in [4.69, 9.17) is 9.47 Å². The first kappa shape index (κ1) is 33.0. The molecule has 0 aromatic carbocycles. The minimum absolute atomic E-state index is 0.00380. The summed E-state index contributed by atoms with van der Waals surface area (Å²) < 4.78 is 11.2. The minimum Gasteiger partial charge on any atom is -0.465 e. The SMILES string of the molecule is CC=C(C=O)C(CC=O)CC(=O)OCC1C(C)C(OC(=O)CC(CC=O)C(C=O)=CC)CC1C(CO)CO. The second kappa shape index (κ2) is 17.5. The number of aliphatic hydroxyl groups excluding tert-OH is 2. The number of rotatable bonds is 18. The van der Waals surface area contributed by atoms with E-state index in [-0.39, 0.29) is 63.3 Å². The van der Waals surface area contributed by atoms with Gasteiger partial charge in [0.1, 0.15) is 31.2 Å². The molecule has 1 fully saturated rings. The van der Waals surface area contributed by atoms with Crippen LogP contribution in [0.2, 0.25) is 0 Å². The van der Waals surface area contributed by atoms with E-state index in [1.54, 1.807) is 26.0 Å². The molecule has 1 aliphatic carbocycles. The molecule has 0 saturated heterocycles. The summed E-state index contributed by atoms with van der Waals surface area (Å²) in [5, 5.41) is 19.6. The molecule has 1 rings (SSSR count). The third-order valence-electron chi connectivity index (χ3n) is 7.58. The lowest BCUT2D eigenvalue weighted by atomic mass is 9.82. The van der Waals surface area contributed by atoms with Gasteiger partial charge in [0.15, 0.2) is 0 Å². The van der Waals surface area contributed by atoms with E-state index in [1.807, 2.05) is 6.92 Å². The average Bonchev–Trinajstić information content (AvgIpc) is 3.19. The number of allylic oxidation sites excluding steroid dienone is 4. The van der Waals surface area contributed by atoms with E-state index in [1.165, 1.54) is 0 Å². The van der Waals surface area contributed by atoms with Crippen molar-refractivity contribution >= 4 is 37.1 Å². The molecule has 0 aromatic rings. The number of ether oxygens (including phenoxy) is 2. The first-order valence-electron chi connectivity index (χ1n) is 12.9. The Balaban J connectivity index is 2.96. The molecule has 38 heavy (non-hydrogen) atoms. The number of aldehydes is 4. The zero-order valence-corrected chi connectivity index (χ0v) is 22.3. The molecule has 0 amide bonds. The van der Waals surface area contributed by atoms with Crippen molar-refractivity contribution in [2.75, 3.05) is 19.8 Å². The fourth-order valence-corrected chi connectivity index (χ4v) is 5.20. The highest BCUT2D eigenvalue weighted by molar-refractivity contribution is 5.79. The van der Waals surface area contributed by atoms with Gasteiger partial charge in [-0.05, 0) is 43.3 Å². The highest BCUT2D eigenvalue weighted by atomic mass is 16.5. The van der Waals surface area contributed by atoms with Gasteiger partial charge in [0, 0.05) is 49.7 Å². The maximum absolute atomic E-state index is 12.7. The van der Waals surface area contributed by atoms with Gasteiger partial charge in [-0.2, -0.15) is 0 Å². The smallest absolute Gasteiger partial charge is 0.306 e. The highest BCUT2D eigenvalue weighted by Gasteiger charge is 2.46. The molecule has 0 aliphatic heterocycles. The fraction of sp³-hybridized carbons (Fsp3) is 0.643. The number of aliphatic hydroxyl groups is 2. The second-order valence-electron chi connectivity index (χ2n) is 9.68. The number of hydrogen-bond acceptors (Lipinski definition) is 10. The van der Waals surface area contributed by atoms with E-state index >= 15 is 0 Å². The Morgan fingerprint density at radius 2 is 1.37 bits per heavy atom. The monoisotopic (exact) mass is 536 g/mol. The minimum atomic E-state index is -0.599. The molecule has 1 saturated carbocycles. The van der Waals surface area contributed by atoms with Gasteiger partial charge in [-0.15, -0.1) is 0 Å². The van der Waals surface area contributed by atoms with Gasteiger partial charge in [-0.25, -0.2) is 0 Å². The highest BCUT2D eigenvalue weighted by Crippen LogP contribution is 2.43. The van der Waals surface area contributed by atoms with Crippen LogP contribution in [0.1, 0.15) is 52.9 Å². The molecule has 0 aromatic heterocycles. The summed E-state index contributed by atoms with van der Waals surface area (Å²) in [6.45, 7) is 4.43. The van der Waals surface area contributed by atoms with Gasteiger partial charge in [0.2, 0.25) is 0 Å². The van der Waals surface area contributed by atoms with Crippen LogP contribution in [0.15, 0.2) is 23.3 Å².